The van der Waals surface area contributed by atoms with Gasteiger partial charge in [-0.25, -0.2) is 0 Å². The number of nitrogens with zero attached hydrogens (tertiary/aromatic N) is 1. The van der Waals surface area contributed by atoms with Crippen LogP contribution < -0.4 is 19.7 Å². The summed E-state index contributed by atoms with van der Waals surface area (Å²) in [4.78, 5) is 25.9. The van der Waals surface area contributed by atoms with Crippen molar-refractivity contribution in [2.75, 3.05) is 25.2 Å². The third kappa shape index (κ3) is 4.46. The van der Waals surface area contributed by atoms with Gasteiger partial charge < -0.3 is 19.7 Å². The van der Waals surface area contributed by atoms with E-state index in [-0.39, 0.29) is 30.9 Å². The minimum absolute atomic E-state index is 0.0336. The molecule has 3 rings (SSSR count). The standard InChI is InChI=1S/C19H19ClN2O4/c1-25-16-6-8-17(9-7-16)26-12-18(23)21-14-10-19(24)22(11-14)15-4-2-13(20)3-5-15/h2-9,14H,10-12H2,1H3,(H,21,23)/t14-/m1/s1. The van der Waals surface area contributed by atoms with Crippen molar-refractivity contribution in [3.05, 3.63) is 53.6 Å². The molecule has 0 radical (unpaired) electrons. The molecule has 1 N–H and O–H groups in total. The Morgan fingerprint density at radius 2 is 1.81 bits per heavy atom. The molecule has 1 aliphatic rings. The molecular weight excluding hydrogens is 356 g/mol. The number of hydrogen-bond donors (Lipinski definition) is 1. The first kappa shape index (κ1) is 18.1. The molecule has 2 amide bonds. The van der Waals surface area contributed by atoms with Gasteiger partial charge in [-0.05, 0) is 48.5 Å². The van der Waals surface area contributed by atoms with Crippen molar-refractivity contribution in [3.8, 4) is 11.5 Å². The van der Waals surface area contributed by atoms with E-state index >= 15 is 0 Å². The fourth-order valence-corrected chi connectivity index (χ4v) is 2.89. The monoisotopic (exact) mass is 374 g/mol. The number of hydrogen-bond acceptors (Lipinski definition) is 4. The zero-order valence-electron chi connectivity index (χ0n) is 14.3. The Morgan fingerprint density at radius 1 is 1.15 bits per heavy atom. The van der Waals surface area contributed by atoms with E-state index in [1.165, 1.54) is 0 Å². The number of methoxy groups -OCH3 is 1. The van der Waals surface area contributed by atoms with Crippen LogP contribution in [-0.4, -0.2) is 38.1 Å². The fourth-order valence-electron chi connectivity index (χ4n) is 2.77. The normalized spacial score (nSPS) is 16.5. The first-order valence-electron chi connectivity index (χ1n) is 8.17. The van der Waals surface area contributed by atoms with Gasteiger partial charge in [0.15, 0.2) is 6.61 Å². The zero-order valence-corrected chi connectivity index (χ0v) is 15.0. The minimum atomic E-state index is -0.267. The Balaban J connectivity index is 1.50. The van der Waals surface area contributed by atoms with Crippen LogP contribution in [0.25, 0.3) is 0 Å². The van der Waals surface area contributed by atoms with Crippen LogP contribution in [0, 0.1) is 0 Å². The molecule has 1 heterocycles. The summed E-state index contributed by atoms with van der Waals surface area (Å²) < 4.78 is 10.5. The van der Waals surface area contributed by atoms with Crippen LogP contribution in [-0.2, 0) is 9.59 Å². The average Bonchev–Trinajstić information content (AvgIpc) is 3.01. The third-order valence-corrected chi connectivity index (χ3v) is 4.31. The smallest absolute Gasteiger partial charge is 0.258 e. The van der Waals surface area contributed by atoms with Crippen molar-refractivity contribution in [2.45, 2.75) is 12.5 Å². The van der Waals surface area contributed by atoms with Crippen molar-refractivity contribution in [1.29, 1.82) is 0 Å². The predicted octanol–water partition coefficient (Wildman–Crippen LogP) is 2.65. The molecule has 0 bridgehead atoms. The lowest BCUT2D eigenvalue weighted by molar-refractivity contribution is -0.123. The molecule has 6 nitrogen and oxygen atoms in total. The van der Waals surface area contributed by atoms with Crippen LogP contribution in [0.15, 0.2) is 48.5 Å². The van der Waals surface area contributed by atoms with Gasteiger partial charge in [0, 0.05) is 23.7 Å². The first-order valence-corrected chi connectivity index (χ1v) is 8.55. The summed E-state index contributed by atoms with van der Waals surface area (Å²) in [7, 11) is 1.58. The van der Waals surface area contributed by atoms with E-state index in [1.54, 1.807) is 60.5 Å². The van der Waals surface area contributed by atoms with Crippen LogP contribution in [0.2, 0.25) is 5.02 Å². The van der Waals surface area contributed by atoms with Gasteiger partial charge in [0.25, 0.3) is 5.91 Å². The maximum absolute atomic E-state index is 12.2. The third-order valence-electron chi connectivity index (χ3n) is 4.06. The van der Waals surface area contributed by atoms with Crippen molar-refractivity contribution >= 4 is 29.1 Å². The van der Waals surface area contributed by atoms with Gasteiger partial charge in [0.1, 0.15) is 11.5 Å². The number of carbonyl (C=O) groups excluding carboxylic acids is 2. The summed E-state index contributed by atoms with van der Waals surface area (Å²) in [5.74, 6) is 0.991. The van der Waals surface area contributed by atoms with Gasteiger partial charge in [0.2, 0.25) is 5.91 Å². The molecule has 1 saturated heterocycles. The largest absolute Gasteiger partial charge is 0.497 e. The molecule has 2 aromatic carbocycles. The number of nitrogens with one attached hydrogen (secondary N) is 1. The van der Waals surface area contributed by atoms with E-state index < -0.39 is 0 Å². The van der Waals surface area contributed by atoms with Crippen LogP contribution in [0.1, 0.15) is 6.42 Å². The highest BCUT2D eigenvalue weighted by Crippen LogP contribution is 2.23. The van der Waals surface area contributed by atoms with Gasteiger partial charge >= 0.3 is 0 Å². The SMILES string of the molecule is COc1ccc(OCC(=O)N[C@@H]2CC(=O)N(c3ccc(Cl)cc3)C2)cc1. The molecule has 0 saturated carbocycles. The lowest BCUT2D eigenvalue weighted by Gasteiger charge is -2.17. The van der Waals surface area contributed by atoms with E-state index in [2.05, 4.69) is 5.32 Å². The molecule has 136 valence electrons. The molecular formula is C19H19ClN2O4. The Labute approximate surface area is 156 Å². The predicted molar refractivity (Wildman–Crippen MR) is 98.8 cm³/mol. The van der Waals surface area contributed by atoms with Crippen molar-refractivity contribution < 1.29 is 19.1 Å². The van der Waals surface area contributed by atoms with E-state index in [1.807, 2.05) is 0 Å². The molecule has 7 heteroatoms. The van der Waals surface area contributed by atoms with Crippen molar-refractivity contribution in [1.82, 2.24) is 5.32 Å². The number of halogens is 1. The van der Waals surface area contributed by atoms with Gasteiger partial charge in [-0.1, -0.05) is 11.6 Å². The maximum atomic E-state index is 12.2. The summed E-state index contributed by atoms with van der Waals surface area (Å²) in [6, 6.07) is 13.8. The van der Waals surface area contributed by atoms with Gasteiger partial charge in [-0.3, -0.25) is 9.59 Å². The molecule has 1 aliphatic heterocycles. The number of anilines is 1. The highest BCUT2D eigenvalue weighted by atomic mass is 35.5. The Bertz CT molecular complexity index is 777. The first-order chi connectivity index (χ1) is 12.5. The highest BCUT2D eigenvalue weighted by Gasteiger charge is 2.31. The van der Waals surface area contributed by atoms with Crippen LogP contribution >= 0.6 is 11.6 Å². The number of ether oxygens (including phenoxy) is 2. The van der Waals surface area contributed by atoms with E-state index in [0.717, 1.165) is 5.69 Å². The van der Waals surface area contributed by atoms with E-state index in [0.29, 0.717) is 23.1 Å². The maximum Gasteiger partial charge on any atom is 0.258 e. The lowest BCUT2D eigenvalue weighted by atomic mass is 10.2. The summed E-state index contributed by atoms with van der Waals surface area (Å²) >= 11 is 5.87. The van der Waals surface area contributed by atoms with Crippen LogP contribution in [0.3, 0.4) is 0 Å². The highest BCUT2D eigenvalue weighted by molar-refractivity contribution is 6.30. The quantitative estimate of drug-likeness (QED) is 0.844. The summed E-state index contributed by atoms with van der Waals surface area (Å²) in [5, 5.41) is 3.45. The molecule has 0 aliphatic carbocycles. The number of carbonyl (C=O) groups is 2. The number of amides is 2. The Hall–Kier alpha value is -2.73. The summed E-state index contributed by atoms with van der Waals surface area (Å²) in [5.41, 5.74) is 0.769. The molecule has 1 fully saturated rings. The summed E-state index contributed by atoms with van der Waals surface area (Å²) in [6.45, 7) is 0.312. The second-order valence-corrected chi connectivity index (χ2v) is 6.35. The zero-order chi connectivity index (χ0) is 18.5. The Morgan fingerprint density at radius 3 is 2.46 bits per heavy atom. The summed E-state index contributed by atoms with van der Waals surface area (Å²) in [6.07, 6.45) is 0.261. The molecule has 0 aromatic heterocycles. The molecule has 2 aromatic rings. The molecule has 1 atom stereocenters. The number of rotatable bonds is 6. The fraction of sp³-hybridized carbons (Fsp3) is 0.263. The molecule has 26 heavy (non-hydrogen) atoms. The number of benzene rings is 2. The van der Waals surface area contributed by atoms with Crippen LogP contribution in [0.5, 0.6) is 11.5 Å². The van der Waals surface area contributed by atoms with Crippen LogP contribution in [0.4, 0.5) is 5.69 Å². The minimum Gasteiger partial charge on any atom is -0.497 e. The average molecular weight is 375 g/mol. The Kier molecular flexibility index (Phi) is 5.63. The van der Waals surface area contributed by atoms with Gasteiger partial charge in [0.05, 0.1) is 13.2 Å². The molecule has 0 spiro atoms. The topological polar surface area (TPSA) is 67.9 Å². The molecule has 0 unspecified atom stereocenters. The van der Waals surface area contributed by atoms with Crippen molar-refractivity contribution in [2.24, 2.45) is 0 Å². The second-order valence-electron chi connectivity index (χ2n) is 5.91. The van der Waals surface area contributed by atoms with Crippen molar-refractivity contribution in [3.63, 3.8) is 0 Å². The van der Waals surface area contributed by atoms with Gasteiger partial charge in [-0.2, -0.15) is 0 Å². The van der Waals surface area contributed by atoms with Gasteiger partial charge in [-0.15, -0.1) is 0 Å². The van der Waals surface area contributed by atoms with E-state index in [9.17, 15) is 9.59 Å². The van der Waals surface area contributed by atoms with E-state index in [4.69, 9.17) is 21.1 Å². The lowest BCUT2D eigenvalue weighted by Crippen LogP contribution is -2.39. The second kappa shape index (κ2) is 8.10.